The van der Waals surface area contributed by atoms with Crippen molar-refractivity contribution < 1.29 is 14.3 Å². The summed E-state index contributed by atoms with van der Waals surface area (Å²) < 4.78 is 5.06. The zero-order valence-corrected chi connectivity index (χ0v) is 25.5. The van der Waals surface area contributed by atoms with Crippen molar-refractivity contribution >= 4 is 45.8 Å². The van der Waals surface area contributed by atoms with Crippen LogP contribution in [-0.2, 0) is 22.4 Å². The van der Waals surface area contributed by atoms with E-state index in [1.54, 1.807) is 0 Å². The van der Waals surface area contributed by atoms with Crippen LogP contribution >= 0.6 is 23.1 Å². The monoisotopic (exact) mass is 587 g/mol. The molecule has 0 spiro atoms. The Kier molecular flexibility index (Phi) is 9.06. The number of nitrogens with two attached hydrogens (primary N) is 1. The van der Waals surface area contributed by atoms with Gasteiger partial charge in [-0.15, -0.1) is 23.1 Å². The number of ether oxygens (including phenoxy) is 1. The lowest BCUT2D eigenvalue weighted by molar-refractivity contribution is -0.115. The van der Waals surface area contributed by atoms with Crippen molar-refractivity contribution in [3.63, 3.8) is 0 Å². The molecule has 10 heteroatoms. The number of benzene rings is 1. The number of nitrogens with zero attached hydrogens (tertiary/aromatic N) is 3. The van der Waals surface area contributed by atoms with Crippen LogP contribution < -0.4 is 11.1 Å². The summed E-state index contributed by atoms with van der Waals surface area (Å²) in [5, 5.41) is 23.6. The first-order valence-corrected chi connectivity index (χ1v) is 15.1. The Morgan fingerprint density at radius 2 is 1.88 bits per heavy atom. The highest BCUT2D eigenvalue weighted by Crippen LogP contribution is 2.44. The largest absolute Gasteiger partial charge is 0.465 e. The summed E-state index contributed by atoms with van der Waals surface area (Å²) in [5.41, 5.74) is 10.3. The quantitative estimate of drug-likeness (QED) is 0.236. The van der Waals surface area contributed by atoms with Gasteiger partial charge in [0.25, 0.3) is 0 Å². The molecule has 0 aliphatic heterocycles. The minimum atomic E-state index is -0.444. The predicted molar refractivity (Wildman–Crippen MR) is 163 cm³/mol. The fourth-order valence-electron chi connectivity index (χ4n) is 5.07. The van der Waals surface area contributed by atoms with Crippen molar-refractivity contribution in [2.24, 2.45) is 11.3 Å². The van der Waals surface area contributed by atoms with Gasteiger partial charge < -0.3 is 15.8 Å². The molecule has 0 saturated heterocycles. The Balaban J connectivity index is 1.53. The van der Waals surface area contributed by atoms with E-state index >= 15 is 0 Å². The van der Waals surface area contributed by atoms with Gasteiger partial charge in [-0.2, -0.15) is 10.5 Å². The Bertz CT molecular complexity index is 1570. The number of carbonyl (C=O) groups excluding carboxylic acids is 2. The second-order valence-electron chi connectivity index (χ2n) is 11.2. The molecule has 3 N–H and O–H groups in total. The number of methoxy groups -OCH3 is 1. The van der Waals surface area contributed by atoms with E-state index in [1.807, 2.05) is 31.2 Å². The molecule has 8 nitrogen and oxygen atoms in total. The number of carbonyl (C=O) groups is 2. The number of fused-ring (bicyclic) bond motifs is 1. The number of nitrogens with one attached hydrogen (secondary N) is 1. The average Bonchev–Trinajstić information content (AvgIpc) is 3.29. The molecular weight excluding hydrogens is 555 g/mol. The van der Waals surface area contributed by atoms with Gasteiger partial charge in [0.15, 0.2) is 0 Å². The van der Waals surface area contributed by atoms with E-state index in [0.29, 0.717) is 38.4 Å². The number of thiophene rings is 1. The second kappa shape index (κ2) is 12.3. The van der Waals surface area contributed by atoms with Gasteiger partial charge in [-0.25, -0.2) is 9.78 Å². The van der Waals surface area contributed by atoms with Crippen LogP contribution in [0.25, 0.3) is 11.1 Å². The Hall–Kier alpha value is -3.86. The molecule has 1 unspecified atom stereocenters. The first kappa shape index (κ1) is 30.1. The van der Waals surface area contributed by atoms with Gasteiger partial charge in [0.1, 0.15) is 33.5 Å². The van der Waals surface area contributed by atoms with Crippen molar-refractivity contribution in [1.82, 2.24) is 4.98 Å². The summed E-state index contributed by atoms with van der Waals surface area (Å²) in [6, 6.07) is 11.8. The molecule has 4 rings (SSSR count). The summed E-state index contributed by atoms with van der Waals surface area (Å²) in [5.74, 6) is 0.144. The number of pyridine rings is 1. The molecule has 212 valence electrons. The van der Waals surface area contributed by atoms with Crippen molar-refractivity contribution in [3.8, 4) is 23.3 Å². The Labute approximate surface area is 248 Å². The smallest absolute Gasteiger partial charge is 0.341 e. The predicted octanol–water partition coefficient (Wildman–Crippen LogP) is 6.50. The minimum Gasteiger partial charge on any atom is -0.465 e. The van der Waals surface area contributed by atoms with Crippen LogP contribution in [0.3, 0.4) is 0 Å². The summed E-state index contributed by atoms with van der Waals surface area (Å²) in [4.78, 5) is 31.2. The van der Waals surface area contributed by atoms with Crippen molar-refractivity contribution in [3.05, 3.63) is 57.0 Å². The maximum atomic E-state index is 13.0. The zero-order valence-electron chi connectivity index (χ0n) is 23.9. The van der Waals surface area contributed by atoms with Crippen LogP contribution in [0, 0.1) is 40.9 Å². The lowest BCUT2D eigenvalue weighted by Crippen LogP contribution is -2.26. The van der Waals surface area contributed by atoms with Crippen LogP contribution in [0.5, 0.6) is 0 Å². The van der Waals surface area contributed by atoms with Gasteiger partial charge in [-0.3, -0.25) is 4.79 Å². The molecule has 1 atom stereocenters. The number of hydrogen-bond acceptors (Lipinski definition) is 9. The van der Waals surface area contributed by atoms with Crippen LogP contribution in [0.15, 0.2) is 29.3 Å². The van der Waals surface area contributed by atoms with E-state index in [9.17, 15) is 20.1 Å². The minimum absolute atomic E-state index is 0.0365. The number of aromatic nitrogens is 1. The molecule has 3 aromatic rings. The van der Waals surface area contributed by atoms with Crippen molar-refractivity contribution in [2.75, 3.05) is 23.9 Å². The van der Waals surface area contributed by atoms with Crippen LogP contribution in [-0.4, -0.2) is 29.7 Å². The summed E-state index contributed by atoms with van der Waals surface area (Å²) in [6.07, 6.45) is 2.74. The number of hydrogen-bond donors (Lipinski definition) is 2. The molecule has 1 aliphatic carbocycles. The second-order valence-corrected chi connectivity index (χ2v) is 13.4. The molecule has 2 heterocycles. The number of nitrogen functional groups attached to an aromatic ring is 1. The highest BCUT2D eigenvalue weighted by molar-refractivity contribution is 7.99. The first-order valence-electron chi connectivity index (χ1n) is 13.3. The van der Waals surface area contributed by atoms with Gasteiger partial charge in [-0.05, 0) is 48.6 Å². The van der Waals surface area contributed by atoms with Crippen LogP contribution in [0.1, 0.15) is 71.1 Å². The third-order valence-electron chi connectivity index (χ3n) is 7.46. The molecule has 0 bridgehead atoms. The molecular formula is C31H33N5O3S2. The van der Waals surface area contributed by atoms with E-state index in [-0.39, 0.29) is 34.7 Å². The van der Waals surface area contributed by atoms with Gasteiger partial charge >= 0.3 is 5.97 Å². The highest BCUT2D eigenvalue weighted by atomic mass is 32.2. The Morgan fingerprint density at radius 3 is 2.49 bits per heavy atom. The van der Waals surface area contributed by atoms with E-state index in [4.69, 9.17) is 10.5 Å². The number of anilines is 2. The number of rotatable bonds is 7. The van der Waals surface area contributed by atoms with Crippen molar-refractivity contribution in [2.45, 2.75) is 58.4 Å². The SMILES string of the molecule is COC(=O)c1c(NC(=O)CCSc2nc(N)c(C#N)c(-c3ccc(C)cc3)c2C#N)sc2c1CCC(C(C)(C)C)C2. The van der Waals surface area contributed by atoms with Crippen LogP contribution in [0.4, 0.5) is 10.8 Å². The Morgan fingerprint density at radius 1 is 1.20 bits per heavy atom. The first-order chi connectivity index (χ1) is 19.5. The van der Waals surface area contributed by atoms with Gasteiger partial charge in [0, 0.05) is 22.6 Å². The van der Waals surface area contributed by atoms with E-state index in [0.717, 1.165) is 35.3 Å². The molecule has 2 aromatic heterocycles. The van der Waals surface area contributed by atoms with E-state index < -0.39 is 5.97 Å². The zero-order chi connectivity index (χ0) is 29.9. The molecule has 1 amide bonds. The molecule has 1 aromatic carbocycles. The third-order valence-corrected chi connectivity index (χ3v) is 9.60. The molecule has 1 aliphatic rings. The van der Waals surface area contributed by atoms with Gasteiger partial charge in [-0.1, -0.05) is 50.6 Å². The topological polar surface area (TPSA) is 142 Å². The fraction of sp³-hybridized carbons (Fsp3) is 0.387. The number of esters is 1. The summed E-state index contributed by atoms with van der Waals surface area (Å²) >= 11 is 2.68. The van der Waals surface area contributed by atoms with E-state index in [2.05, 4.69) is 43.2 Å². The number of nitriles is 2. The fourth-order valence-corrected chi connectivity index (χ4v) is 7.34. The standard InChI is InChI=1S/C31H33N5O3S2/c1-17-6-8-18(9-7-17)25-21(15-32)27(34)36-28(22(25)16-33)40-13-12-24(37)35-29-26(30(38)39-5)20-11-10-19(31(2,3)4)14-23(20)41-29/h6-9,19H,10-14H2,1-5H3,(H2,34,36)(H,35,37). The lowest BCUT2D eigenvalue weighted by Gasteiger charge is -2.33. The molecule has 0 radical (unpaired) electrons. The average molecular weight is 588 g/mol. The maximum Gasteiger partial charge on any atom is 0.341 e. The van der Waals surface area contributed by atoms with Gasteiger partial charge in [0.2, 0.25) is 5.91 Å². The number of thioether (sulfide) groups is 1. The van der Waals surface area contributed by atoms with Gasteiger partial charge in [0.05, 0.1) is 18.2 Å². The van der Waals surface area contributed by atoms with Crippen LogP contribution in [0.2, 0.25) is 0 Å². The summed E-state index contributed by atoms with van der Waals surface area (Å²) in [6.45, 7) is 8.65. The maximum absolute atomic E-state index is 13.0. The lowest BCUT2D eigenvalue weighted by atomic mass is 9.72. The molecule has 0 saturated carbocycles. The highest BCUT2D eigenvalue weighted by Gasteiger charge is 2.34. The number of aryl methyl sites for hydroxylation is 1. The number of amides is 1. The molecule has 0 fully saturated rings. The summed E-state index contributed by atoms with van der Waals surface area (Å²) in [7, 11) is 1.35. The molecule has 41 heavy (non-hydrogen) atoms. The normalized spacial score (nSPS) is 14.5. The third kappa shape index (κ3) is 6.40. The van der Waals surface area contributed by atoms with Crippen molar-refractivity contribution in [1.29, 1.82) is 10.5 Å². The van der Waals surface area contributed by atoms with E-state index in [1.165, 1.54) is 30.2 Å².